The van der Waals surface area contributed by atoms with Crippen molar-refractivity contribution >= 4 is 11.6 Å². The molecular weight excluding hydrogens is 236 g/mol. The van der Waals surface area contributed by atoms with Gasteiger partial charge < -0.3 is 9.88 Å². The second kappa shape index (κ2) is 5.43. The topological polar surface area (TPSA) is 42.7 Å². The third-order valence-electron chi connectivity index (χ3n) is 2.93. The lowest BCUT2D eigenvalue weighted by molar-refractivity contribution is 0.527. The van der Waals surface area contributed by atoms with Gasteiger partial charge in [0.15, 0.2) is 0 Å². The van der Waals surface area contributed by atoms with Crippen molar-refractivity contribution in [2.75, 3.05) is 5.32 Å². The van der Waals surface area contributed by atoms with Gasteiger partial charge in [0.05, 0.1) is 17.1 Å². The van der Waals surface area contributed by atoms with Crippen LogP contribution in [0.4, 0.5) is 11.6 Å². The Morgan fingerprint density at radius 2 is 1.84 bits per heavy atom. The Morgan fingerprint density at radius 3 is 2.47 bits per heavy atom. The first-order chi connectivity index (χ1) is 8.95. The summed E-state index contributed by atoms with van der Waals surface area (Å²) in [4.78, 5) is 9.01. The molecule has 4 heteroatoms. The summed E-state index contributed by atoms with van der Waals surface area (Å²) in [6.07, 6.45) is 2.08. The summed E-state index contributed by atoms with van der Waals surface area (Å²) in [6, 6.07) is 4.07. The molecule has 0 fully saturated rings. The van der Waals surface area contributed by atoms with E-state index in [0.29, 0.717) is 5.92 Å². The Kier molecular flexibility index (Phi) is 3.88. The zero-order chi connectivity index (χ0) is 14.0. The first kappa shape index (κ1) is 13.6. The van der Waals surface area contributed by atoms with Gasteiger partial charge >= 0.3 is 0 Å². The van der Waals surface area contributed by atoms with Crippen molar-refractivity contribution in [1.29, 1.82) is 0 Å². The summed E-state index contributed by atoms with van der Waals surface area (Å²) in [5.74, 6) is 1.48. The number of nitrogens with zero attached hydrogens (tertiary/aromatic N) is 3. The standard InChI is InChI=1S/C15H22N4/c1-10(2)8-19-9-12(4)17-15(19)18-14-7-6-11(3)16-13(14)5/h6-7,9-10H,8H2,1-5H3,(H,17,18). The van der Waals surface area contributed by atoms with E-state index < -0.39 is 0 Å². The van der Waals surface area contributed by atoms with Gasteiger partial charge in [-0.1, -0.05) is 13.8 Å². The van der Waals surface area contributed by atoms with Crippen molar-refractivity contribution in [3.8, 4) is 0 Å². The normalized spacial score (nSPS) is 11.1. The quantitative estimate of drug-likeness (QED) is 0.911. The number of anilines is 2. The molecule has 0 unspecified atom stereocenters. The molecule has 0 aliphatic carbocycles. The van der Waals surface area contributed by atoms with Crippen LogP contribution in [0, 0.1) is 26.7 Å². The van der Waals surface area contributed by atoms with Crippen LogP contribution in [-0.4, -0.2) is 14.5 Å². The van der Waals surface area contributed by atoms with Crippen LogP contribution in [0.15, 0.2) is 18.3 Å². The minimum atomic E-state index is 0.589. The smallest absolute Gasteiger partial charge is 0.207 e. The van der Waals surface area contributed by atoms with Crippen molar-refractivity contribution in [2.45, 2.75) is 41.2 Å². The maximum Gasteiger partial charge on any atom is 0.207 e. The van der Waals surface area contributed by atoms with Crippen molar-refractivity contribution in [2.24, 2.45) is 5.92 Å². The summed E-state index contributed by atoms with van der Waals surface area (Å²) >= 11 is 0. The lowest BCUT2D eigenvalue weighted by Crippen LogP contribution is -2.08. The summed E-state index contributed by atoms with van der Waals surface area (Å²) in [5.41, 5.74) is 4.07. The van der Waals surface area contributed by atoms with E-state index in [2.05, 4.69) is 46.0 Å². The predicted octanol–water partition coefficient (Wildman–Crippen LogP) is 3.60. The second-order valence-corrected chi connectivity index (χ2v) is 5.46. The van der Waals surface area contributed by atoms with E-state index in [4.69, 9.17) is 0 Å². The fraction of sp³-hybridized carbons (Fsp3) is 0.467. The minimum absolute atomic E-state index is 0.589. The number of hydrogen-bond acceptors (Lipinski definition) is 3. The lowest BCUT2D eigenvalue weighted by atomic mass is 10.2. The largest absolute Gasteiger partial charge is 0.324 e. The summed E-state index contributed by atoms with van der Waals surface area (Å²) in [7, 11) is 0. The van der Waals surface area contributed by atoms with E-state index in [1.807, 2.05) is 26.8 Å². The Labute approximate surface area is 114 Å². The maximum atomic E-state index is 4.55. The third-order valence-corrected chi connectivity index (χ3v) is 2.93. The van der Waals surface area contributed by atoms with Gasteiger partial charge in [-0.2, -0.15) is 0 Å². The molecule has 0 radical (unpaired) electrons. The van der Waals surface area contributed by atoms with Gasteiger partial charge in [-0.15, -0.1) is 0 Å². The minimum Gasteiger partial charge on any atom is -0.324 e. The molecular formula is C15H22N4. The molecule has 1 N–H and O–H groups in total. The van der Waals surface area contributed by atoms with Gasteiger partial charge in [0.25, 0.3) is 0 Å². The SMILES string of the molecule is Cc1ccc(Nc2nc(C)cn2CC(C)C)c(C)n1. The van der Waals surface area contributed by atoms with E-state index in [9.17, 15) is 0 Å². The lowest BCUT2D eigenvalue weighted by Gasteiger charge is -2.13. The van der Waals surface area contributed by atoms with Gasteiger partial charge in [0.1, 0.15) is 0 Å². The average molecular weight is 258 g/mol. The van der Waals surface area contributed by atoms with Crippen LogP contribution < -0.4 is 5.32 Å². The van der Waals surface area contributed by atoms with E-state index in [1.54, 1.807) is 0 Å². The van der Waals surface area contributed by atoms with Gasteiger partial charge in [-0.3, -0.25) is 4.98 Å². The monoisotopic (exact) mass is 258 g/mol. The number of pyridine rings is 1. The first-order valence-corrected chi connectivity index (χ1v) is 6.70. The zero-order valence-corrected chi connectivity index (χ0v) is 12.4. The highest BCUT2D eigenvalue weighted by atomic mass is 15.2. The number of aryl methyl sites for hydroxylation is 3. The zero-order valence-electron chi connectivity index (χ0n) is 12.4. The van der Waals surface area contributed by atoms with Crippen LogP contribution >= 0.6 is 0 Å². The van der Waals surface area contributed by atoms with Crippen LogP contribution in [0.2, 0.25) is 0 Å². The van der Waals surface area contributed by atoms with E-state index in [-0.39, 0.29) is 0 Å². The molecule has 0 saturated heterocycles. The summed E-state index contributed by atoms with van der Waals surface area (Å²) in [6.45, 7) is 11.4. The molecule has 0 aliphatic heterocycles. The van der Waals surface area contributed by atoms with Crippen molar-refractivity contribution < 1.29 is 0 Å². The molecule has 4 nitrogen and oxygen atoms in total. The molecule has 0 aliphatic rings. The molecule has 0 bridgehead atoms. The molecule has 102 valence electrons. The van der Waals surface area contributed by atoms with E-state index in [0.717, 1.165) is 35.3 Å². The number of imidazole rings is 1. The molecule has 0 spiro atoms. The van der Waals surface area contributed by atoms with Crippen LogP contribution in [-0.2, 0) is 6.54 Å². The molecule has 0 amide bonds. The predicted molar refractivity (Wildman–Crippen MR) is 78.8 cm³/mol. The molecule has 2 aromatic rings. The van der Waals surface area contributed by atoms with Crippen molar-refractivity contribution in [3.05, 3.63) is 35.4 Å². The molecule has 0 atom stereocenters. The highest BCUT2D eigenvalue weighted by Gasteiger charge is 2.09. The van der Waals surface area contributed by atoms with E-state index >= 15 is 0 Å². The molecule has 0 saturated carbocycles. The van der Waals surface area contributed by atoms with Crippen molar-refractivity contribution in [1.82, 2.24) is 14.5 Å². The highest BCUT2D eigenvalue weighted by Crippen LogP contribution is 2.20. The van der Waals surface area contributed by atoms with E-state index in [1.165, 1.54) is 0 Å². The van der Waals surface area contributed by atoms with Crippen LogP contribution in [0.1, 0.15) is 30.9 Å². The van der Waals surface area contributed by atoms with Gasteiger partial charge in [0, 0.05) is 18.4 Å². The highest BCUT2D eigenvalue weighted by molar-refractivity contribution is 5.56. The molecule has 2 rings (SSSR count). The second-order valence-electron chi connectivity index (χ2n) is 5.46. The van der Waals surface area contributed by atoms with Crippen molar-refractivity contribution in [3.63, 3.8) is 0 Å². The summed E-state index contributed by atoms with van der Waals surface area (Å²) in [5, 5.41) is 3.38. The number of nitrogens with one attached hydrogen (secondary N) is 1. The maximum absolute atomic E-state index is 4.55. The number of aromatic nitrogens is 3. The Morgan fingerprint density at radius 1 is 1.11 bits per heavy atom. The fourth-order valence-electron chi connectivity index (χ4n) is 2.12. The fourth-order valence-corrected chi connectivity index (χ4v) is 2.12. The number of rotatable bonds is 4. The Hall–Kier alpha value is -1.84. The van der Waals surface area contributed by atoms with Crippen LogP contribution in [0.3, 0.4) is 0 Å². The third kappa shape index (κ3) is 3.34. The average Bonchev–Trinajstić information content (AvgIpc) is 2.62. The number of hydrogen-bond donors (Lipinski definition) is 1. The Bertz CT molecular complexity index is 570. The van der Waals surface area contributed by atoms with Crippen LogP contribution in [0.25, 0.3) is 0 Å². The molecule has 0 aromatic carbocycles. The van der Waals surface area contributed by atoms with Gasteiger partial charge in [-0.25, -0.2) is 4.98 Å². The van der Waals surface area contributed by atoms with Gasteiger partial charge in [-0.05, 0) is 38.8 Å². The Balaban J connectivity index is 2.27. The molecule has 2 heterocycles. The summed E-state index contributed by atoms with van der Waals surface area (Å²) < 4.78 is 2.17. The first-order valence-electron chi connectivity index (χ1n) is 6.70. The van der Waals surface area contributed by atoms with Crippen LogP contribution in [0.5, 0.6) is 0 Å². The molecule has 19 heavy (non-hydrogen) atoms. The van der Waals surface area contributed by atoms with Gasteiger partial charge in [0.2, 0.25) is 5.95 Å². The molecule has 2 aromatic heterocycles.